The van der Waals surface area contributed by atoms with E-state index in [4.69, 9.17) is 0 Å². The highest BCUT2D eigenvalue weighted by atomic mass is 16.5. The van der Waals surface area contributed by atoms with E-state index in [9.17, 15) is 9.59 Å². The van der Waals surface area contributed by atoms with Crippen LogP contribution in [0.15, 0.2) is 10.9 Å². The van der Waals surface area contributed by atoms with Crippen molar-refractivity contribution in [3.8, 4) is 5.88 Å². The number of H-pyrrole nitrogens is 1. The van der Waals surface area contributed by atoms with Gasteiger partial charge in [0.15, 0.2) is 6.29 Å². The quantitative estimate of drug-likeness (QED) is 0.588. The van der Waals surface area contributed by atoms with Crippen LogP contribution in [-0.2, 0) is 0 Å². The molecule has 0 aliphatic rings. The summed E-state index contributed by atoms with van der Waals surface area (Å²) in [7, 11) is 1.33. The van der Waals surface area contributed by atoms with Crippen molar-refractivity contribution in [3.05, 3.63) is 22.0 Å². The van der Waals surface area contributed by atoms with Gasteiger partial charge in [0.05, 0.1) is 7.11 Å². The van der Waals surface area contributed by atoms with Crippen LogP contribution in [-0.4, -0.2) is 23.6 Å². The minimum absolute atomic E-state index is 0.0457. The van der Waals surface area contributed by atoms with Gasteiger partial charge in [-0.15, -0.1) is 5.10 Å². The Morgan fingerprint density at radius 3 is 2.91 bits per heavy atom. The van der Waals surface area contributed by atoms with Crippen LogP contribution in [0.1, 0.15) is 10.5 Å². The van der Waals surface area contributed by atoms with Crippen LogP contribution in [0.5, 0.6) is 5.88 Å². The van der Waals surface area contributed by atoms with E-state index in [2.05, 4.69) is 14.9 Å². The molecule has 0 radical (unpaired) electrons. The van der Waals surface area contributed by atoms with Gasteiger partial charge < -0.3 is 4.74 Å². The molecule has 0 aliphatic carbocycles. The average Bonchev–Trinajstić information content (AvgIpc) is 2.04. The second-order valence-electron chi connectivity index (χ2n) is 1.81. The lowest BCUT2D eigenvalue weighted by molar-refractivity contribution is 0.111. The SMILES string of the molecule is COc1n[nH]c(C=O)cc1=O. The molecule has 0 spiro atoms. The molecule has 0 fully saturated rings. The van der Waals surface area contributed by atoms with Gasteiger partial charge in [0.1, 0.15) is 5.69 Å². The minimum atomic E-state index is -0.409. The number of hydrogen-bond acceptors (Lipinski definition) is 4. The fraction of sp³-hybridized carbons (Fsp3) is 0.167. The van der Waals surface area contributed by atoms with Gasteiger partial charge in [-0.1, -0.05) is 0 Å². The molecule has 11 heavy (non-hydrogen) atoms. The zero-order chi connectivity index (χ0) is 8.27. The maximum atomic E-state index is 10.9. The van der Waals surface area contributed by atoms with Crippen molar-refractivity contribution in [3.63, 3.8) is 0 Å². The first-order chi connectivity index (χ1) is 5.27. The van der Waals surface area contributed by atoms with Crippen molar-refractivity contribution < 1.29 is 9.53 Å². The number of aldehydes is 1. The number of carbonyl (C=O) groups excluding carboxylic acids is 1. The van der Waals surface area contributed by atoms with Crippen molar-refractivity contribution in [1.82, 2.24) is 10.2 Å². The number of hydrogen-bond donors (Lipinski definition) is 1. The number of aromatic amines is 1. The number of aromatic nitrogens is 2. The van der Waals surface area contributed by atoms with Crippen molar-refractivity contribution in [1.29, 1.82) is 0 Å². The summed E-state index contributed by atoms with van der Waals surface area (Å²) in [5.74, 6) is -0.0457. The van der Waals surface area contributed by atoms with Crippen LogP contribution in [0, 0.1) is 0 Å². The van der Waals surface area contributed by atoms with E-state index >= 15 is 0 Å². The molecule has 0 saturated carbocycles. The molecular formula is C6H6N2O3. The summed E-state index contributed by atoms with van der Waals surface area (Å²) in [6.07, 6.45) is 0.508. The molecule has 0 amide bonds. The first-order valence-corrected chi connectivity index (χ1v) is 2.87. The number of nitrogens with zero attached hydrogens (tertiary/aromatic N) is 1. The van der Waals surface area contributed by atoms with Crippen molar-refractivity contribution in [2.75, 3.05) is 7.11 Å². The first-order valence-electron chi connectivity index (χ1n) is 2.87. The van der Waals surface area contributed by atoms with Gasteiger partial charge in [-0.25, -0.2) is 0 Å². The highest BCUT2D eigenvalue weighted by Gasteiger charge is 2.00. The van der Waals surface area contributed by atoms with E-state index in [0.29, 0.717) is 6.29 Å². The fourth-order valence-electron chi connectivity index (χ4n) is 0.612. The van der Waals surface area contributed by atoms with E-state index < -0.39 is 5.43 Å². The third-order valence-electron chi connectivity index (χ3n) is 1.10. The smallest absolute Gasteiger partial charge is 0.279 e. The molecule has 58 valence electrons. The highest BCUT2D eigenvalue weighted by molar-refractivity contribution is 5.71. The minimum Gasteiger partial charge on any atom is -0.477 e. The largest absolute Gasteiger partial charge is 0.477 e. The molecular weight excluding hydrogens is 148 g/mol. The average molecular weight is 154 g/mol. The van der Waals surface area contributed by atoms with Gasteiger partial charge in [0.2, 0.25) is 5.43 Å². The highest BCUT2D eigenvalue weighted by Crippen LogP contribution is 1.92. The Morgan fingerprint density at radius 2 is 2.45 bits per heavy atom. The molecule has 1 aromatic heterocycles. The summed E-state index contributed by atoms with van der Waals surface area (Å²) in [5.41, 5.74) is -0.274. The van der Waals surface area contributed by atoms with Gasteiger partial charge in [0.25, 0.3) is 5.88 Å². The van der Waals surface area contributed by atoms with Crippen molar-refractivity contribution in [2.24, 2.45) is 0 Å². The summed E-state index contributed by atoms with van der Waals surface area (Å²) in [5, 5.41) is 5.81. The first kappa shape index (κ1) is 7.46. The van der Waals surface area contributed by atoms with Crippen LogP contribution in [0.3, 0.4) is 0 Å². The zero-order valence-corrected chi connectivity index (χ0v) is 5.83. The predicted octanol–water partition coefficient (Wildman–Crippen LogP) is -0.409. The van der Waals surface area contributed by atoms with Crippen molar-refractivity contribution >= 4 is 6.29 Å². The second kappa shape index (κ2) is 2.96. The number of nitrogens with one attached hydrogen (secondary N) is 1. The molecule has 5 nitrogen and oxygen atoms in total. The molecule has 0 unspecified atom stereocenters. The molecule has 1 rings (SSSR count). The molecule has 5 heteroatoms. The number of carbonyl (C=O) groups is 1. The molecule has 1 N–H and O–H groups in total. The number of ether oxygens (including phenoxy) is 1. The molecule has 0 atom stereocenters. The van der Waals surface area contributed by atoms with E-state index in [0.717, 1.165) is 6.07 Å². The summed E-state index contributed by atoms with van der Waals surface area (Å²) in [6, 6.07) is 1.12. The molecule has 0 aliphatic heterocycles. The van der Waals surface area contributed by atoms with Gasteiger partial charge in [-0.3, -0.25) is 14.7 Å². The monoisotopic (exact) mass is 154 g/mol. The maximum absolute atomic E-state index is 10.9. The van der Waals surface area contributed by atoms with Crippen LogP contribution in [0.25, 0.3) is 0 Å². The molecule has 0 aromatic carbocycles. The van der Waals surface area contributed by atoms with Gasteiger partial charge in [-0.2, -0.15) is 0 Å². The van der Waals surface area contributed by atoms with Crippen LogP contribution >= 0.6 is 0 Å². The number of rotatable bonds is 2. The normalized spacial score (nSPS) is 9.18. The predicted molar refractivity (Wildman–Crippen MR) is 36.8 cm³/mol. The van der Waals surface area contributed by atoms with Gasteiger partial charge >= 0.3 is 0 Å². The Labute approximate surface area is 62.0 Å². The topological polar surface area (TPSA) is 72.0 Å². The second-order valence-corrected chi connectivity index (χ2v) is 1.81. The summed E-state index contributed by atoms with van der Waals surface area (Å²) in [4.78, 5) is 21.0. The standard InChI is InChI=1S/C6H6N2O3/c1-11-6-5(10)2-4(3-9)7-8-6/h2-3H,1H3,(H,7,10). The zero-order valence-electron chi connectivity index (χ0n) is 5.83. The lowest BCUT2D eigenvalue weighted by Crippen LogP contribution is -2.09. The maximum Gasteiger partial charge on any atom is 0.279 e. The third kappa shape index (κ3) is 1.43. The summed E-state index contributed by atoms with van der Waals surface area (Å²) >= 11 is 0. The third-order valence-corrected chi connectivity index (χ3v) is 1.10. The summed E-state index contributed by atoms with van der Waals surface area (Å²) in [6.45, 7) is 0. The van der Waals surface area contributed by atoms with E-state index in [1.54, 1.807) is 0 Å². The van der Waals surface area contributed by atoms with Crippen LogP contribution in [0.4, 0.5) is 0 Å². The lowest BCUT2D eigenvalue weighted by atomic mass is 10.4. The Balaban J connectivity index is 3.20. The fourth-order valence-corrected chi connectivity index (χ4v) is 0.612. The Morgan fingerprint density at radius 1 is 1.73 bits per heavy atom. The Bertz CT molecular complexity index is 318. The van der Waals surface area contributed by atoms with Gasteiger partial charge in [-0.05, 0) is 0 Å². The van der Waals surface area contributed by atoms with Gasteiger partial charge in [0, 0.05) is 6.07 Å². The Kier molecular flexibility index (Phi) is 2.00. The molecule has 0 saturated heterocycles. The Hall–Kier alpha value is -1.65. The lowest BCUT2D eigenvalue weighted by Gasteiger charge is -1.94. The van der Waals surface area contributed by atoms with E-state index in [1.165, 1.54) is 7.11 Å². The molecule has 1 heterocycles. The van der Waals surface area contributed by atoms with E-state index in [1.807, 2.05) is 0 Å². The van der Waals surface area contributed by atoms with Crippen molar-refractivity contribution in [2.45, 2.75) is 0 Å². The van der Waals surface area contributed by atoms with Crippen LogP contribution in [0.2, 0.25) is 0 Å². The molecule has 0 bridgehead atoms. The van der Waals surface area contributed by atoms with E-state index in [-0.39, 0.29) is 11.6 Å². The van der Waals surface area contributed by atoms with Crippen LogP contribution < -0.4 is 10.2 Å². The molecule has 1 aromatic rings. The number of methoxy groups -OCH3 is 1. The summed E-state index contributed by atoms with van der Waals surface area (Å²) < 4.78 is 4.57.